The number of ether oxygens (including phenoxy) is 1. The quantitative estimate of drug-likeness (QED) is 0.790. The van der Waals surface area contributed by atoms with Crippen LogP contribution in [0.2, 0.25) is 0 Å². The Morgan fingerprint density at radius 1 is 1.42 bits per heavy atom. The van der Waals surface area contributed by atoms with E-state index in [1.165, 1.54) is 0 Å². The lowest BCUT2D eigenvalue weighted by Crippen LogP contribution is -3.18. The highest BCUT2D eigenvalue weighted by Crippen LogP contribution is 2.15. The van der Waals surface area contributed by atoms with Crippen molar-refractivity contribution in [2.24, 2.45) is 5.92 Å². The molecule has 1 aromatic carbocycles. The Labute approximate surface area is 140 Å². The molecule has 0 aliphatic carbocycles. The minimum Gasteiger partial charge on any atom is -0.466 e. The topological polar surface area (TPSA) is 59.8 Å². The predicted octanol–water partition coefficient (Wildman–Crippen LogP) is 1.15. The van der Waals surface area contributed by atoms with Gasteiger partial charge in [-0.25, -0.2) is 8.78 Å². The second-order valence-electron chi connectivity index (χ2n) is 6.04. The molecule has 0 bridgehead atoms. The fourth-order valence-electron chi connectivity index (χ4n) is 2.97. The van der Waals surface area contributed by atoms with Crippen molar-refractivity contribution in [1.82, 2.24) is 0 Å². The van der Waals surface area contributed by atoms with Crippen LogP contribution in [0.1, 0.15) is 26.7 Å². The molecule has 0 aromatic heterocycles. The van der Waals surface area contributed by atoms with E-state index < -0.39 is 23.6 Å². The molecule has 24 heavy (non-hydrogen) atoms. The van der Waals surface area contributed by atoms with Crippen LogP contribution in [0.3, 0.4) is 0 Å². The van der Waals surface area contributed by atoms with E-state index in [0.29, 0.717) is 13.2 Å². The zero-order valence-electron chi connectivity index (χ0n) is 13.9. The summed E-state index contributed by atoms with van der Waals surface area (Å²) < 4.78 is 31.9. The monoisotopic (exact) mass is 341 g/mol. The highest BCUT2D eigenvalue weighted by molar-refractivity contribution is 5.93. The van der Waals surface area contributed by atoms with Crippen molar-refractivity contribution in [1.29, 1.82) is 0 Å². The van der Waals surface area contributed by atoms with E-state index in [2.05, 4.69) is 5.32 Å². The maximum atomic E-state index is 13.6. The summed E-state index contributed by atoms with van der Waals surface area (Å²) in [4.78, 5) is 25.2. The van der Waals surface area contributed by atoms with Gasteiger partial charge in [0.1, 0.15) is 17.6 Å². The first-order valence-electron chi connectivity index (χ1n) is 8.19. The average molecular weight is 341 g/mol. The van der Waals surface area contributed by atoms with E-state index in [1.54, 1.807) is 13.8 Å². The summed E-state index contributed by atoms with van der Waals surface area (Å²) in [7, 11) is 0. The molecule has 1 aliphatic rings. The number of anilines is 1. The van der Waals surface area contributed by atoms with Gasteiger partial charge in [0, 0.05) is 6.07 Å². The van der Waals surface area contributed by atoms with Crippen LogP contribution in [0.25, 0.3) is 0 Å². The number of benzene rings is 1. The molecule has 1 unspecified atom stereocenters. The predicted molar refractivity (Wildman–Crippen MR) is 84.5 cm³/mol. The first-order valence-corrected chi connectivity index (χ1v) is 8.19. The number of quaternary nitrogens is 1. The first-order chi connectivity index (χ1) is 11.4. The molecule has 1 aliphatic heterocycles. The third-order valence-corrected chi connectivity index (χ3v) is 4.37. The van der Waals surface area contributed by atoms with E-state index in [0.717, 1.165) is 42.5 Å². The zero-order valence-corrected chi connectivity index (χ0v) is 13.9. The summed E-state index contributed by atoms with van der Waals surface area (Å²) in [6.07, 6.45) is 1.56. The molecule has 0 saturated carbocycles. The van der Waals surface area contributed by atoms with Crippen molar-refractivity contribution >= 4 is 17.6 Å². The van der Waals surface area contributed by atoms with Crippen molar-refractivity contribution in [2.45, 2.75) is 32.7 Å². The Hall–Kier alpha value is -2.02. The Kier molecular flexibility index (Phi) is 6.25. The molecule has 1 fully saturated rings. The van der Waals surface area contributed by atoms with Crippen LogP contribution in [0, 0.1) is 17.6 Å². The van der Waals surface area contributed by atoms with Gasteiger partial charge >= 0.3 is 5.97 Å². The standard InChI is InChI=1S/C17H22F2N2O3/c1-3-24-17(23)12-5-4-8-21(10-12)11(2)16(22)20-15-9-13(18)6-7-14(15)19/h6-7,9,11-12H,3-5,8,10H2,1-2H3,(H,20,22)/p+1/t11-,12-/m0/s1. The maximum Gasteiger partial charge on any atom is 0.314 e. The van der Waals surface area contributed by atoms with Crippen LogP contribution in [0.15, 0.2) is 18.2 Å². The largest absolute Gasteiger partial charge is 0.466 e. The normalized spacial score (nSPS) is 21.8. The fraction of sp³-hybridized carbons (Fsp3) is 0.529. The molecule has 0 radical (unpaired) electrons. The summed E-state index contributed by atoms with van der Waals surface area (Å²) >= 11 is 0. The molecule has 132 valence electrons. The van der Waals surface area contributed by atoms with E-state index in [9.17, 15) is 18.4 Å². The van der Waals surface area contributed by atoms with Crippen molar-refractivity contribution in [3.8, 4) is 0 Å². The van der Waals surface area contributed by atoms with Gasteiger partial charge in [-0.2, -0.15) is 0 Å². The maximum absolute atomic E-state index is 13.6. The molecule has 1 saturated heterocycles. The van der Waals surface area contributed by atoms with Crippen molar-refractivity contribution in [3.63, 3.8) is 0 Å². The van der Waals surface area contributed by atoms with Crippen molar-refractivity contribution in [3.05, 3.63) is 29.8 Å². The molecule has 7 heteroatoms. The Morgan fingerprint density at radius 2 is 2.17 bits per heavy atom. The number of amides is 1. The Bertz CT molecular complexity index is 609. The van der Waals surface area contributed by atoms with Crippen LogP contribution in [0.4, 0.5) is 14.5 Å². The first kappa shape index (κ1) is 18.3. The van der Waals surface area contributed by atoms with E-state index >= 15 is 0 Å². The minimum atomic E-state index is -0.685. The van der Waals surface area contributed by atoms with Gasteiger partial charge in [-0.05, 0) is 38.8 Å². The molecular formula is C17H23F2N2O3+. The number of esters is 1. The van der Waals surface area contributed by atoms with Crippen LogP contribution < -0.4 is 10.2 Å². The molecule has 3 atom stereocenters. The third kappa shape index (κ3) is 4.50. The lowest BCUT2D eigenvalue weighted by Gasteiger charge is -2.32. The van der Waals surface area contributed by atoms with Gasteiger partial charge in [-0.1, -0.05) is 0 Å². The Balaban J connectivity index is 1.99. The van der Waals surface area contributed by atoms with Gasteiger partial charge in [0.2, 0.25) is 0 Å². The lowest BCUT2D eigenvalue weighted by molar-refractivity contribution is -0.921. The number of nitrogens with one attached hydrogen (secondary N) is 2. The third-order valence-electron chi connectivity index (χ3n) is 4.37. The van der Waals surface area contributed by atoms with Crippen LogP contribution in [-0.4, -0.2) is 37.6 Å². The lowest BCUT2D eigenvalue weighted by atomic mass is 9.97. The Morgan fingerprint density at radius 3 is 2.88 bits per heavy atom. The van der Waals surface area contributed by atoms with Gasteiger partial charge in [0.05, 0.1) is 25.4 Å². The number of halogens is 2. The smallest absolute Gasteiger partial charge is 0.314 e. The van der Waals surface area contributed by atoms with Crippen molar-refractivity contribution < 1.29 is 28.0 Å². The second kappa shape index (κ2) is 8.19. The van der Waals surface area contributed by atoms with Gasteiger partial charge in [-0.3, -0.25) is 9.59 Å². The van der Waals surface area contributed by atoms with E-state index in [-0.39, 0.29) is 17.6 Å². The second-order valence-corrected chi connectivity index (χ2v) is 6.04. The number of carbonyl (C=O) groups is 2. The van der Waals surface area contributed by atoms with Crippen LogP contribution in [-0.2, 0) is 14.3 Å². The molecule has 1 aromatic rings. The van der Waals surface area contributed by atoms with Crippen LogP contribution in [0.5, 0.6) is 0 Å². The average Bonchev–Trinajstić information content (AvgIpc) is 2.57. The number of rotatable bonds is 5. The van der Waals surface area contributed by atoms with E-state index in [1.807, 2.05) is 0 Å². The number of likely N-dealkylation sites (tertiary alicyclic amines) is 1. The van der Waals surface area contributed by atoms with E-state index in [4.69, 9.17) is 4.74 Å². The molecule has 2 N–H and O–H groups in total. The SMILES string of the molecule is CCOC(=O)[C@H]1CCC[NH+]([C@@H](C)C(=O)Nc2cc(F)ccc2F)C1. The van der Waals surface area contributed by atoms with Gasteiger partial charge in [-0.15, -0.1) is 0 Å². The van der Waals surface area contributed by atoms with Gasteiger partial charge in [0.25, 0.3) is 5.91 Å². The molecule has 1 amide bonds. The van der Waals surface area contributed by atoms with Crippen LogP contribution >= 0.6 is 0 Å². The summed E-state index contributed by atoms with van der Waals surface area (Å²) in [5.41, 5.74) is -0.176. The number of hydrogen-bond donors (Lipinski definition) is 2. The number of carbonyl (C=O) groups excluding carboxylic acids is 2. The highest BCUT2D eigenvalue weighted by Gasteiger charge is 2.35. The minimum absolute atomic E-state index is 0.176. The summed E-state index contributed by atoms with van der Waals surface area (Å²) in [6.45, 7) is 5.05. The molecule has 5 nitrogen and oxygen atoms in total. The highest BCUT2D eigenvalue weighted by atomic mass is 19.1. The van der Waals surface area contributed by atoms with Gasteiger partial charge in [0.15, 0.2) is 6.04 Å². The van der Waals surface area contributed by atoms with Crippen molar-refractivity contribution in [2.75, 3.05) is 25.0 Å². The molecule has 2 rings (SSSR count). The molecule has 1 heterocycles. The summed E-state index contributed by atoms with van der Waals surface area (Å²) in [5, 5.41) is 2.43. The number of piperidine rings is 1. The molecule has 0 spiro atoms. The summed E-state index contributed by atoms with van der Waals surface area (Å²) in [6, 6.07) is 2.44. The van der Waals surface area contributed by atoms with Gasteiger partial charge < -0.3 is 15.0 Å². The fourth-order valence-corrected chi connectivity index (χ4v) is 2.97. The zero-order chi connectivity index (χ0) is 17.7. The summed E-state index contributed by atoms with van der Waals surface area (Å²) in [5.74, 6) is -2.17. The molecular weight excluding hydrogens is 318 g/mol. The number of hydrogen-bond acceptors (Lipinski definition) is 3.